The van der Waals surface area contributed by atoms with E-state index in [1.54, 1.807) is 30.0 Å². The molecule has 3 rings (SSSR count). The molecule has 102 valence electrons. The van der Waals surface area contributed by atoms with Gasteiger partial charge < -0.3 is 5.32 Å². The third-order valence-corrected chi connectivity index (χ3v) is 4.48. The van der Waals surface area contributed by atoms with E-state index in [9.17, 15) is 9.18 Å². The molecule has 2 aromatic carbocycles. The van der Waals surface area contributed by atoms with Crippen molar-refractivity contribution in [1.82, 2.24) is 5.32 Å². The quantitative estimate of drug-likeness (QED) is 0.910. The van der Waals surface area contributed by atoms with Crippen LogP contribution in [0.2, 0.25) is 0 Å². The summed E-state index contributed by atoms with van der Waals surface area (Å²) in [6.07, 6.45) is 0.819. The van der Waals surface area contributed by atoms with E-state index >= 15 is 0 Å². The minimum absolute atomic E-state index is 0.113. The predicted molar refractivity (Wildman–Crippen MR) is 78.4 cm³/mol. The Morgan fingerprint density at radius 1 is 1.20 bits per heavy atom. The van der Waals surface area contributed by atoms with Crippen molar-refractivity contribution < 1.29 is 9.18 Å². The molecule has 0 saturated carbocycles. The number of nitrogens with one attached hydrogen (secondary N) is 1. The maximum absolute atomic E-state index is 13.4. The standard InChI is InChI=1S/C16H14FNOS/c17-12-6-7-15-13(10-12)14(8-9-20-15)18-16(19)11-4-2-1-3-5-11/h1-7,10,14H,8-9H2,(H,18,19)/t14-/m0/s1. The van der Waals surface area contributed by atoms with Gasteiger partial charge in [0.05, 0.1) is 6.04 Å². The molecule has 1 aliphatic heterocycles. The zero-order valence-electron chi connectivity index (χ0n) is 10.8. The molecule has 1 amide bonds. The molecule has 0 fully saturated rings. The Hall–Kier alpha value is -1.81. The van der Waals surface area contributed by atoms with Gasteiger partial charge in [-0.05, 0) is 42.3 Å². The molecule has 1 atom stereocenters. The fourth-order valence-corrected chi connectivity index (χ4v) is 3.45. The molecule has 0 unspecified atom stereocenters. The Bertz CT molecular complexity index is 630. The van der Waals surface area contributed by atoms with Crippen LogP contribution < -0.4 is 5.32 Å². The highest BCUT2D eigenvalue weighted by atomic mass is 32.2. The highest BCUT2D eigenvalue weighted by Crippen LogP contribution is 2.36. The second-order valence-corrected chi connectivity index (χ2v) is 5.85. The van der Waals surface area contributed by atoms with Crippen molar-refractivity contribution >= 4 is 17.7 Å². The summed E-state index contributed by atoms with van der Waals surface area (Å²) in [5, 5.41) is 3.00. The molecule has 0 spiro atoms. The Kier molecular flexibility index (Phi) is 3.74. The van der Waals surface area contributed by atoms with E-state index in [4.69, 9.17) is 0 Å². The number of halogens is 1. The van der Waals surface area contributed by atoms with E-state index in [0.717, 1.165) is 22.6 Å². The van der Waals surface area contributed by atoms with Gasteiger partial charge in [-0.2, -0.15) is 0 Å². The molecule has 0 saturated heterocycles. The lowest BCUT2D eigenvalue weighted by Gasteiger charge is -2.26. The third-order valence-electron chi connectivity index (χ3n) is 3.35. The van der Waals surface area contributed by atoms with Crippen molar-refractivity contribution in [1.29, 1.82) is 0 Å². The highest BCUT2D eigenvalue weighted by Gasteiger charge is 2.23. The van der Waals surface area contributed by atoms with Crippen molar-refractivity contribution in [3.05, 3.63) is 65.5 Å². The minimum Gasteiger partial charge on any atom is -0.345 e. The first-order valence-electron chi connectivity index (χ1n) is 6.52. The van der Waals surface area contributed by atoms with Gasteiger partial charge >= 0.3 is 0 Å². The number of amides is 1. The molecular weight excluding hydrogens is 273 g/mol. The smallest absolute Gasteiger partial charge is 0.251 e. The molecule has 0 aliphatic carbocycles. The van der Waals surface area contributed by atoms with E-state index < -0.39 is 0 Å². The molecule has 0 radical (unpaired) electrons. The van der Waals surface area contributed by atoms with E-state index in [1.165, 1.54) is 12.1 Å². The SMILES string of the molecule is O=C(N[C@H]1CCSc2ccc(F)cc21)c1ccccc1. The summed E-state index contributed by atoms with van der Waals surface area (Å²) in [7, 11) is 0. The zero-order chi connectivity index (χ0) is 13.9. The summed E-state index contributed by atoms with van der Waals surface area (Å²) in [6, 6.07) is 13.8. The van der Waals surface area contributed by atoms with Crippen molar-refractivity contribution in [2.45, 2.75) is 17.4 Å². The molecule has 4 heteroatoms. The highest BCUT2D eigenvalue weighted by molar-refractivity contribution is 7.99. The number of rotatable bonds is 2. The zero-order valence-corrected chi connectivity index (χ0v) is 11.6. The van der Waals surface area contributed by atoms with Crippen LogP contribution in [-0.4, -0.2) is 11.7 Å². The van der Waals surface area contributed by atoms with Gasteiger partial charge in [0.2, 0.25) is 0 Å². The molecule has 0 aromatic heterocycles. The number of carbonyl (C=O) groups is 1. The van der Waals surface area contributed by atoms with Gasteiger partial charge in [0.25, 0.3) is 5.91 Å². The van der Waals surface area contributed by atoms with Crippen LogP contribution >= 0.6 is 11.8 Å². The Labute approximate surface area is 121 Å². The number of thioether (sulfide) groups is 1. The van der Waals surface area contributed by atoms with Gasteiger partial charge in [-0.3, -0.25) is 4.79 Å². The first kappa shape index (κ1) is 13.2. The monoisotopic (exact) mass is 287 g/mol. The van der Waals surface area contributed by atoms with Gasteiger partial charge in [-0.1, -0.05) is 18.2 Å². The Morgan fingerprint density at radius 3 is 2.80 bits per heavy atom. The number of hydrogen-bond donors (Lipinski definition) is 1. The topological polar surface area (TPSA) is 29.1 Å². The molecule has 2 nitrogen and oxygen atoms in total. The molecule has 2 aromatic rings. The van der Waals surface area contributed by atoms with Crippen LogP contribution in [0.15, 0.2) is 53.4 Å². The number of fused-ring (bicyclic) bond motifs is 1. The van der Waals surface area contributed by atoms with Crippen molar-refractivity contribution in [3.63, 3.8) is 0 Å². The summed E-state index contributed by atoms with van der Waals surface area (Å²) in [5.74, 6) is 0.557. The summed E-state index contributed by atoms with van der Waals surface area (Å²) in [6.45, 7) is 0. The predicted octanol–water partition coefficient (Wildman–Crippen LogP) is 3.79. The van der Waals surface area contributed by atoms with E-state index in [2.05, 4.69) is 5.32 Å². The fraction of sp³-hybridized carbons (Fsp3) is 0.188. The summed E-state index contributed by atoms with van der Waals surface area (Å²) in [4.78, 5) is 13.2. The molecule has 0 bridgehead atoms. The molecule has 1 aliphatic rings. The molecular formula is C16H14FNOS. The van der Waals surface area contributed by atoms with Crippen LogP contribution in [0.5, 0.6) is 0 Å². The second-order valence-electron chi connectivity index (χ2n) is 4.71. The second kappa shape index (κ2) is 5.67. The lowest BCUT2D eigenvalue weighted by atomic mass is 10.0. The van der Waals surface area contributed by atoms with Crippen LogP contribution in [0.4, 0.5) is 4.39 Å². The van der Waals surface area contributed by atoms with Gasteiger partial charge in [0, 0.05) is 16.2 Å². The summed E-state index contributed by atoms with van der Waals surface area (Å²) < 4.78 is 13.4. The average Bonchev–Trinajstić information content (AvgIpc) is 2.49. The summed E-state index contributed by atoms with van der Waals surface area (Å²) >= 11 is 1.71. The third kappa shape index (κ3) is 2.70. The lowest BCUT2D eigenvalue weighted by molar-refractivity contribution is 0.0935. The van der Waals surface area contributed by atoms with Crippen molar-refractivity contribution in [3.8, 4) is 0 Å². The van der Waals surface area contributed by atoms with E-state index in [0.29, 0.717) is 5.56 Å². The first-order valence-corrected chi connectivity index (χ1v) is 7.51. The van der Waals surface area contributed by atoms with Crippen LogP contribution in [0.1, 0.15) is 28.4 Å². The van der Waals surface area contributed by atoms with Crippen LogP contribution in [0, 0.1) is 5.82 Å². The van der Waals surface area contributed by atoms with Crippen LogP contribution in [0.25, 0.3) is 0 Å². The Balaban J connectivity index is 1.83. The lowest BCUT2D eigenvalue weighted by Crippen LogP contribution is -2.30. The summed E-state index contributed by atoms with van der Waals surface area (Å²) in [5.41, 5.74) is 1.51. The number of hydrogen-bond acceptors (Lipinski definition) is 2. The van der Waals surface area contributed by atoms with Gasteiger partial charge in [0.15, 0.2) is 0 Å². The normalized spacial score (nSPS) is 17.4. The van der Waals surface area contributed by atoms with Gasteiger partial charge in [-0.15, -0.1) is 11.8 Å². The minimum atomic E-state index is -0.259. The molecule has 1 heterocycles. The van der Waals surface area contributed by atoms with E-state index in [-0.39, 0.29) is 17.8 Å². The van der Waals surface area contributed by atoms with Crippen LogP contribution in [0.3, 0.4) is 0 Å². The van der Waals surface area contributed by atoms with Gasteiger partial charge in [-0.25, -0.2) is 4.39 Å². The van der Waals surface area contributed by atoms with Gasteiger partial charge in [0.1, 0.15) is 5.82 Å². The fourth-order valence-electron chi connectivity index (χ4n) is 2.35. The van der Waals surface area contributed by atoms with Crippen molar-refractivity contribution in [2.24, 2.45) is 0 Å². The van der Waals surface area contributed by atoms with E-state index in [1.807, 2.05) is 18.2 Å². The largest absolute Gasteiger partial charge is 0.345 e. The number of benzene rings is 2. The molecule has 1 N–H and O–H groups in total. The van der Waals surface area contributed by atoms with Crippen LogP contribution in [-0.2, 0) is 0 Å². The average molecular weight is 287 g/mol. The first-order chi connectivity index (χ1) is 9.74. The number of carbonyl (C=O) groups excluding carboxylic acids is 1. The Morgan fingerprint density at radius 2 is 2.00 bits per heavy atom. The molecule has 20 heavy (non-hydrogen) atoms. The van der Waals surface area contributed by atoms with Crippen molar-refractivity contribution in [2.75, 3.05) is 5.75 Å². The maximum atomic E-state index is 13.4. The maximum Gasteiger partial charge on any atom is 0.251 e.